The Morgan fingerprint density at radius 2 is 2.00 bits per heavy atom. The molecule has 2 heterocycles. The van der Waals surface area contributed by atoms with Gasteiger partial charge in [0, 0.05) is 23.2 Å². The Bertz CT molecular complexity index is 940. The van der Waals surface area contributed by atoms with E-state index in [1.165, 1.54) is 13.3 Å². The van der Waals surface area contributed by atoms with E-state index in [0.717, 1.165) is 22.0 Å². The van der Waals surface area contributed by atoms with Crippen LogP contribution in [0.15, 0.2) is 36.5 Å². The molecule has 0 saturated carbocycles. The van der Waals surface area contributed by atoms with E-state index in [0.29, 0.717) is 22.2 Å². The van der Waals surface area contributed by atoms with Crippen molar-refractivity contribution in [2.75, 3.05) is 7.11 Å². The molecule has 6 heteroatoms. The van der Waals surface area contributed by atoms with Crippen LogP contribution in [0.5, 0.6) is 5.88 Å². The second kappa shape index (κ2) is 7.07. The highest BCUT2D eigenvalue weighted by Crippen LogP contribution is 2.25. The molecule has 3 aromatic rings. The summed E-state index contributed by atoms with van der Waals surface area (Å²) in [5.74, 6) is -0.0459. The average molecular weight is 357 g/mol. The number of nitrogens with zero attached hydrogens (tertiary/aromatic N) is 2. The summed E-state index contributed by atoms with van der Waals surface area (Å²) in [4.78, 5) is 20.6. The highest BCUT2D eigenvalue weighted by molar-refractivity contribution is 6.30. The summed E-state index contributed by atoms with van der Waals surface area (Å²) in [6, 6.07) is 9.12. The SMILES string of the molecule is COc1ccc(C(=O)OCc2cc3ccc(C)c(C)c3nc2Cl)cn1. The zero-order chi connectivity index (χ0) is 18.0. The lowest BCUT2D eigenvalue weighted by Crippen LogP contribution is -2.06. The Morgan fingerprint density at radius 3 is 2.68 bits per heavy atom. The molecule has 0 fully saturated rings. The molecule has 1 aromatic carbocycles. The summed E-state index contributed by atoms with van der Waals surface area (Å²) in [6.45, 7) is 4.08. The number of ether oxygens (including phenoxy) is 2. The van der Waals surface area contributed by atoms with Gasteiger partial charge in [-0.1, -0.05) is 23.7 Å². The second-order valence-electron chi connectivity index (χ2n) is 5.68. The van der Waals surface area contributed by atoms with E-state index < -0.39 is 5.97 Å². The number of hydrogen-bond acceptors (Lipinski definition) is 5. The molecule has 0 spiro atoms. The molecule has 0 bridgehead atoms. The molecular formula is C19H17ClN2O3. The third kappa shape index (κ3) is 3.56. The molecule has 0 atom stereocenters. The summed E-state index contributed by atoms with van der Waals surface area (Å²) < 4.78 is 10.3. The van der Waals surface area contributed by atoms with Gasteiger partial charge in [-0.05, 0) is 37.1 Å². The van der Waals surface area contributed by atoms with Crippen molar-refractivity contribution >= 4 is 28.5 Å². The van der Waals surface area contributed by atoms with Crippen LogP contribution >= 0.6 is 11.6 Å². The molecule has 0 amide bonds. The van der Waals surface area contributed by atoms with Crippen LogP contribution in [-0.2, 0) is 11.3 Å². The fourth-order valence-corrected chi connectivity index (χ4v) is 2.65. The first-order valence-electron chi connectivity index (χ1n) is 7.72. The predicted molar refractivity (Wildman–Crippen MR) is 96.1 cm³/mol. The fraction of sp³-hybridized carbons (Fsp3) is 0.211. The molecule has 3 rings (SSSR count). The number of benzene rings is 1. The number of halogens is 1. The summed E-state index contributed by atoms with van der Waals surface area (Å²) >= 11 is 6.27. The van der Waals surface area contributed by atoms with Crippen molar-refractivity contribution in [1.29, 1.82) is 0 Å². The normalized spacial score (nSPS) is 10.7. The van der Waals surface area contributed by atoms with E-state index in [1.807, 2.05) is 32.0 Å². The van der Waals surface area contributed by atoms with Crippen molar-refractivity contribution < 1.29 is 14.3 Å². The third-order valence-corrected chi connectivity index (χ3v) is 4.40. The summed E-state index contributed by atoms with van der Waals surface area (Å²) in [5.41, 5.74) is 4.11. The van der Waals surface area contributed by atoms with Gasteiger partial charge in [-0.25, -0.2) is 14.8 Å². The summed E-state index contributed by atoms with van der Waals surface area (Å²) in [5, 5.41) is 1.30. The number of esters is 1. The minimum absolute atomic E-state index is 0.0412. The number of carbonyl (C=O) groups is 1. The average Bonchev–Trinajstić information content (AvgIpc) is 2.63. The minimum atomic E-state index is -0.480. The zero-order valence-electron chi connectivity index (χ0n) is 14.2. The second-order valence-corrected chi connectivity index (χ2v) is 6.04. The quantitative estimate of drug-likeness (QED) is 0.516. The Balaban J connectivity index is 1.79. The third-order valence-electron chi connectivity index (χ3n) is 4.08. The maximum Gasteiger partial charge on any atom is 0.340 e. The number of hydrogen-bond donors (Lipinski definition) is 0. The van der Waals surface area contributed by atoms with E-state index in [9.17, 15) is 4.79 Å². The van der Waals surface area contributed by atoms with Crippen molar-refractivity contribution in [3.63, 3.8) is 0 Å². The van der Waals surface area contributed by atoms with Crippen molar-refractivity contribution in [1.82, 2.24) is 9.97 Å². The van der Waals surface area contributed by atoms with E-state index >= 15 is 0 Å². The van der Waals surface area contributed by atoms with Crippen molar-refractivity contribution in [2.24, 2.45) is 0 Å². The van der Waals surface area contributed by atoms with Crippen LogP contribution < -0.4 is 4.74 Å². The van der Waals surface area contributed by atoms with Crippen LogP contribution in [-0.4, -0.2) is 23.0 Å². The molecule has 0 unspecified atom stereocenters. The summed E-state index contributed by atoms with van der Waals surface area (Å²) in [6.07, 6.45) is 1.41. The zero-order valence-corrected chi connectivity index (χ0v) is 14.9. The Morgan fingerprint density at radius 1 is 1.20 bits per heavy atom. The van der Waals surface area contributed by atoms with E-state index in [2.05, 4.69) is 9.97 Å². The highest BCUT2D eigenvalue weighted by Gasteiger charge is 2.12. The molecule has 128 valence electrons. The van der Waals surface area contributed by atoms with Crippen LogP contribution in [0.1, 0.15) is 27.0 Å². The lowest BCUT2D eigenvalue weighted by Gasteiger charge is -2.10. The highest BCUT2D eigenvalue weighted by atomic mass is 35.5. The van der Waals surface area contributed by atoms with Gasteiger partial charge in [0.05, 0.1) is 18.2 Å². The Kier molecular flexibility index (Phi) is 4.86. The number of rotatable bonds is 4. The number of carbonyl (C=O) groups excluding carboxylic acids is 1. The van der Waals surface area contributed by atoms with Gasteiger partial charge >= 0.3 is 5.97 Å². The van der Waals surface area contributed by atoms with E-state index in [4.69, 9.17) is 21.1 Å². The maximum atomic E-state index is 12.1. The van der Waals surface area contributed by atoms with Gasteiger partial charge in [-0.3, -0.25) is 0 Å². The number of methoxy groups -OCH3 is 1. The molecule has 0 radical (unpaired) electrons. The van der Waals surface area contributed by atoms with Gasteiger partial charge in [-0.15, -0.1) is 0 Å². The minimum Gasteiger partial charge on any atom is -0.481 e. The van der Waals surface area contributed by atoms with Crippen molar-refractivity contribution in [3.05, 3.63) is 63.9 Å². The first-order valence-corrected chi connectivity index (χ1v) is 8.10. The van der Waals surface area contributed by atoms with Gasteiger partial charge in [0.2, 0.25) is 5.88 Å². The maximum absolute atomic E-state index is 12.1. The van der Waals surface area contributed by atoms with Crippen LogP contribution in [0.3, 0.4) is 0 Å². The van der Waals surface area contributed by atoms with E-state index in [1.54, 1.807) is 12.1 Å². The first-order chi connectivity index (χ1) is 12.0. The largest absolute Gasteiger partial charge is 0.481 e. The molecule has 25 heavy (non-hydrogen) atoms. The molecule has 0 saturated heterocycles. The number of aryl methyl sites for hydroxylation is 2. The van der Waals surface area contributed by atoms with E-state index in [-0.39, 0.29) is 6.61 Å². The molecule has 2 aromatic heterocycles. The van der Waals surface area contributed by atoms with Gasteiger partial charge in [0.1, 0.15) is 11.8 Å². The molecule has 5 nitrogen and oxygen atoms in total. The first kappa shape index (κ1) is 17.2. The molecular weight excluding hydrogens is 340 g/mol. The van der Waals surface area contributed by atoms with Gasteiger partial charge in [0.25, 0.3) is 0 Å². The van der Waals surface area contributed by atoms with Crippen LogP contribution in [0, 0.1) is 13.8 Å². The molecule has 0 aliphatic rings. The van der Waals surface area contributed by atoms with Crippen molar-refractivity contribution in [2.45, 2.75) is 20.5 Å². The Hall–Kier alpha value is -2.66. The molecule has 0 aliphatic carbocycles. The predicted octanol–water partition coefficient (Wildman–Crippen LogP) is 4.27. The lowest BCUT2D eigenvalue weighted by atomic mass is 10.0. The monoisotopic (exact) mass is 356 g/mol. The number of fused-ring (bicyclic) bond motifs is 1. The fourth-order valence-electron chi connectivity index (χ4n) is 2.45. The standard InChI is InChI=1S/C19H17ClN2O3/c1-11-4-5-13-8-15(18(20)22-17(13)12(11)2)10-25-19(23)14-6-7-16(24-3)21-9-14/h4-9H,10H2,1-3H3. The number of pyridine rings is 2. The lowest BCUT2D eigenvalue weighted by molar-refractivity contribution is 0.0472. The van der Waals surface area contributed by atoms with Gasteiger partial charge in [-0.2, -0.15) is 0 Å². The topological polar surface area (TPSA) is 61.3 Å². The molecule has 0 aliphatic heterocycles. The Labute approximate surface area is 150 Å². The van der Waals surface area contributed by atoms with Gasteiger partial charge in [0.15, 0.2) is 0 Å². The molecule has 0 N–H and O–H groups in total. The van der Waals surface area contributed by atoms with Crippen LogP contribution in [0.25, 0.3) is 10.9 Å². The number of aromatic nitrogens is 2. The smallest absolute Gasteiger partial charge is 0.340 e. The van der Waals surface area contributed by atoms with Crippen LogP contribution in [0.2, 0.25) is 5.15 Å². The van der Waals surface area contributed by atoms with Crippen LogP contribution in [0.4, 0.5) is 0 Å². The van der Waals surface area contributed by atoms with Gasteiger partial charge < -0.3 is 9.47 Å². The van der Waals surface area contributed by atoms with Crippen molar-refractivity contribution in [3.8, 4) is 5.88 Å². The summed E-state index contributed by atoms with van der Waals surface area (Å²) in [7, 11) is 1.51.